The fourth-order valence-electron chi connectivity index (χ4n) is 3.69. The second kappa shape index (κ2) is 7.83. The van der Waals surface area contributed by atoms with Gasteiger partial charge in [0.2, 0.25) is 5.91 Å². The van der Waals surface area contributed by atoms with Crippen LogP contribution in [0.15, 0.2) is 91.0 Å². The first-order valence-corrected chi connectivity index (χ1v) is 9.61. The molecule has 0 saturated carbocycles. The van der Waals surface area contributed by atoms with Crippen molar-refractivity contribution in [3.8, 4) is 0 Å². The molecule has 0 aliphatic carbocycles. The lowest BCUT2D eigenvalue weighted by molar-refractivity contribution is -0.133. The Morgan fingerprint density at radius 3 is 1.80 bits per heavy atom. The zero-order chi connectivity index (χ0) is 21.1. The Bertz CT molecular complexity index is 1030. The van der Waals surface area contributed by atoms with E-state index in [9.17, 15) is 14.4 Å². The van der Waals surface area contributed by atoms with Crippen molar-refractivity contribution in [3.05, 3.63) is 102 Å². The van der Waals surface area contributed by atoms with Crippen LogP contribution < -0.4 is 10.2 Å². The monoisotopic (exact) mass is 399 g/mol. The van der Waals surface area contributed by atoms with E-state index < -0.39 is 17.5 Å². The first-order chi connectivity index (χ1) is 14.5. The Balaban J connectivity index is 1.68. The molecule has 1 N–H and O–H groups in total. The number of urea groups is 1. The predicted octanol–water partition coefficient (Wildman–Crippen LogP) is 3.15. The van der Waals surface area contributed by atoms with Crippen LogP contribution in [0.25, 0.3) is 0 Å². The number of hydrogen-bond donors (Lipinski definition) is 1. The lowest BCUT2D eigenvalue weighted by Crippen LogP contribution is -2.46. The topological polar surface area (TPSA) is 69.7 Å². The molecule has 1 aliphatic rings. The molecule has 0 spiro atoms. The minimum atomic E-state index is -1.37. The van der Waals surface area contributed by atoms with E-state index in [2.05, 4.69) is 5.32 Å². The highest BCUT2D eigenvalue weighted by Crippen LogP contribution is 2.36. The molecular formula is C24H21N3O3. The van der Waals surface area contributed by atoms with Gasteiger partial charge in [-0.15, -0.1) is 0 Å². The fraction of sp³-hybridized carbons (Fsp3) is 0.125. The van der Waals surface area contributed by atoms with Crippen LogP contribution in [0.4, 0.5) is 10.5 Å². The highest BCUT2D eigenvalue weighted by atomic mass is 16.2. The Kier molecular flexibility index (Phi) is 5.06. The summed E-state index contributed by atoms with van der Waals surface area (Å²) in [6.45, 7) is -0.350. The van der Waals surface area contributed by atoms with Crippen LogP contribution >= 0.6 is 0 Å². The maximum atomic E-state index is 13.6. The van der Waals surface area contributed by atoms with Crippen LogP contribution in [-0.4, -0.2) is 36.3 Å². The molecule has 0 bridgehead atoms. The van der Waals surface area contributed by atoms with Gasteiger partial charge in [-0.25, -0.2) is 4.79 Å². The molecule has 0 atom stereocenters. The van der Waals surface area contributed by atoms with Crippen molar-refractivity contribution in [2.24, 2.45) is 0 Å². The number of hydrogen-bond acceptors (Lipinski definition) is 3. The maximum Gasteiger partial charge on any atom is 0.326 e. The van der Waals surface area contributed by atoms with E-state index in [1.54, 1.807) is 43.4 Å². The van der Waals surface area contributed by atoms with Crippen molar-refractivity contribution in [2.75, 3.05) is 18.5 Å². The van der Waals surface area contributed by atoms with E-state index >= 15 is 0 Å². The van der Waals surface area contributed by atoms with Crippen molar-refractivity contribution < 1.29 is 14.4 Å². The number of carbonyl (C=O) groups excluding carboxylic acids is 3. The van der Waals surface area contributed by atoms with Crippen LogP contribution in [0.2, 0.25) is 0 Å². The molecule has 0 radical (unpaired) electrons. The number of rotatable bonds is 5. The van der Waals surface area contributed by atoms with Crippen molar-refractivity contribution in [3.63, 3.8) is 0 Å². The molecule has 150 valence electrons. The SMILES string of the molecule is CN(C(=O)CN1C(=O)NC(c2ccccc2)(c2ccccc2)C1=O)c1ccccc1. The standard InChI is InChI=1S/C24H21N3O3/c1-26(20-15-9-4-10-16-20)21(28)17-27-22(29)24(25-23(27)30,18-11-5-2-6-12-18)19-13-7-3-8-14-19/h2-16H,17H2,1H3,(H,25,30). The smallest absolute Gasteiger partial charge is 0.315 e. The van der Waals surface area contributed by atoms with E-state index in [-0.39, 0.29) is 12.5 Å². The number of carbonyl (C=O) groups is 3. The molecule has 3 aromatic rings. The summed E-state index contributed by atoms with van der Waals surface area (Å²) in [5.74, 6) is -0.832. The van der Waals surface area contributed by atoms with Gasteiger partial charge in [0.05, 0.1) is 0 Å². The van der Waals surface area contributed by atoms with Gasteiger partial charge < -0.3 is 10.2 Å². The van der Waals surface area contributed by atoms with E-state index in [0.717, 1.165) is 4.90 Å². The molecule has 1 aliphatic heterocycles. The van der Waals surface area contributed by atoms with Crippen molar-refractivity contribution in [2.45, 2.75) is 5.54 Å². The van der Waals surface area contributed by atoms with Crippen molar-refractivity contribution in [1.29, 1.82) is 0 Å². The predicted molar refractivity (Wildman–Crippen MR) is 114 cm³/mol. The molecule has 6 heteroatoms. The number of imide groups is 1. The molecule has 30 heavy (non-hydrogen) atoms. The van der Waals surface area contributed by atoms with Gasteiger partial charge in [-0.1, -0.05) is 78.9 Å². The average Bonchev–Trinajstić information content (AvgIpc) is 3.06. The molecule has 0 unspecified atom stereocenters. The van der Waals surface area contributed by atoms with E-state index in [1.807, 2.05) is 54.6 Å². The number of anilines is 1. The third-order valence-corrected chi connectivity index (χ3v) is 5.33. The lowest BCUT2D eigenvalue weighted by atomic mass is 9.82. The highest BCUT2D eigenvalue weighted by Gasteiger charge is 2.54. The lowest BCUT2D eigenvalue weighted by Gasteiger charge is -2.28. The third kappa shape index (κ3) is 3.22. The highest BCUT2D eigenvalue weighted by molar-refractivity contribution is 6.12. The number of likely N-dealkylation sites (N-methyl/N-ethyl adjacent to an activating group) is 1. The number of amides is 4. The molecule has 4 rings (SSSR count). The zero-order valence-electron chi connectivity index (χ0n) is 16.5. The number of para-hydroxylation sites is 1. The first kappa shape index (κ1) is 19.4. The number of benzene rings is 3. The third-order valence-electron chi connectivity index (χ3n) is 5.33. The van der Waals surface area contributed by atoms with Crippen molar-refractivity contribution in [1.82, 2.24) is 10.2 Å². The van der Waals surface area contributed by atoms with Gasteiger partial charge in [0.1, 0.15) is 6.54 Å². The van der Waals surface area contributed by atoms with Gasteiger partial charge in [0, 0.05) is 12.7 Å². The second-order valence-electron chi connectivity index (χ2n) is 7.09. The van der Waals surface area contributed by atoms with Crippen LogP contribution in [0.1, 0.15) is 11.1 Å². The molecular weight excluding hydrogens is 378 g/mol. The zero-order valence-corrected chi connectivity index (χ0v) is 16.5. The van der Waals surface area contributed by atoms with Crippen molar-refractivity contribution >= 4 is 23.5 Å². The Hall–Kier alpha value is -3.93. The summed E-state index contributed by atoms with van der Waals surface area (Å²) in [6, 6.07) is 26.6. The Morgan fingerprint density at radius 1 is 0.833 bits per heavy atom. The van der Waals surface area contributed by atoms with Gasteiger partial charge in [-0.2, -0.15) is 0 Å². The maximum absolute atomic E-state index is 13.6. The van der Waals surface area contributed by atoms with Gasteiger partial charge in [-0.05, 0) is 23.3 Å². The van der Waals surface area contributed by atoms with Gasteiger partial charge in [-0.3, -0.25) is 14.5 Å². The average molecular weight is 399 g/mol. The van der Waals surface area contributed by atoms with E-state index in [0.29, 0.717) is 16.8 Å². The van der Waals surface area contributed by atoms with Gasteiger partial charge in [0.15, 0.2) is 5.54 Å². The quantitative estimate of drug-likeness (QED) is 0.670. The summed E-state index contributed by atoms with van der Waals surface area (Å²) in [4.78, 5) is 41.7. The first-order valence-electron chi connectivity index (χ1n) is 9.61. The fourth-order valence-corrected chi connectivity index (χ4v) is 3.69. The molecule has 0 aromatic heterocycles. The second-order valence-corrected chi connectivity index (χ2v) is 7.09. The summed E-state index contributed by atoms with van der Waals surface area (Å²) in [5, 5.41) is 2.85. The largest absolute Gasteiger partial charge is 0.326 e. The summed E-state index contributed by atoms with van der Waals surface area (Å²) >= 11 is 0. The summed E-state index contributed by atoms with van der Waals surface area (Å²) in [7, 11) is 1.62. The minimum Gasteiger partial charge on any atom is -0.315 e. The molecule has 1 heterocycles. The molecule has 1 fully saturated rings. The normalized spacial score (nSPS) is 15.0. The molecule has 4 amide bonds. The van der Waals surface area contributed by atoms with Crippen LogP contribution in [-0.2, 0) is 15.1 Å². The summed E-state index contributed by atoms with van der Waals surface area (Å²) < 4.78 is 0. The van der Waals surface area contributed by atoms with Gasteiger partial charge >= 0.3 is 6.03 Å². The molecule has 3 aromatic carbocycles. The van der Waals surface area contributed by atoms with Crippen LogP contribution in [0, 0.1) is 0 Å². The number of nitrogens with one attached hydrogen (secondary N) is 1. The van der Waals surface area contributed by atoms with Crippen LogP contribution in [0.3, 0.4) is 0 Å². The Labute approximate surface area is 174 Å². The number of nitrogens with zero attached hydrogens (tertiary/aromatic N) is 2. The van der Waals surface area contributed by atoms with E-state index in [4.69, 9.17) is 0 Å². The van der Waals surface area contributed by atoms with E-state index in [1.165, 1.54) is 4.90 Å². The molecule has 6 nitrogen and oxygen atoms in total. The molecule has 1 saturated heterocycles. The van der Waals surface area contributed by atoms with Gasteiger partial charge in [0.25, 0.3) is 5.91 Å². The van der Waals surface area contributed by atoms with Crippen LogP contribution in [0.5, 0.6) is 0 Å². The Morgan fingerprint density at radius 2 is 1.30 bits per heavy atom. The minimum absolute atomic E-state index is 0.350. The summed E-state index contributed by atoms with van der Waals surface area (Å²) in [5.41, 5.74) is 0.597. The summed E-state index contributed by atoms with van der Waals surface area (Å²) in [6.07, 6.45) is 0.